The molecule has 238 valence electrons. The summed E-state index contributed by atoms with van der Waals surface area (Å²) >= 11 is 0. The molecule has 2 aromatic heterocycles. The van der Waals surface area contributed by atoms with E-state index < -0.39 is 6.17 Å². The molecule has 2 aliphatic heterocycles. The zero-order chi connectivity index (χ0) is 31.2. The summed E-state index contributed by atoms with van der Waals surface area (Å²) in [5, 5.41) is 14.8. The number of carbonyl (C=O) groups excluding carboxylic acids is 2. The zero-order valence-corrected chi connectivity index (χ0v) is 25.8. The summed E-state index contributed by atoms with van der Waals surface area (Å²) in [6, 6.07) is 11.5. The van der Waals surface area contributed by atoms with E-state index in [-0.39, 0.29) is 36.8 Å². The summed E-state index contributed by atoms with van der Waals surface area (Å²) < 4.78 is 35.4. The number of aliphatic hydroxyl groups is 1. The molecule has 2 N–H and O–H groups in total. The number of hydrogen-bond donors (Lipinski definition) is 2. The molecule has 2 aromatic carbocycles. The maximum atomic E-state index is 14.4. The highest BCUT2D eigenvalue weighted by Gasteiger charge is 2.32. The molecule has 4 aromatic rings. The van der Waals surface area contributed by atoms with E-state index in [0.29, 0.717) is 72.9 Å². The van der Waals surface area contributed by atoms with Crippen molar-refractivity contribution in [1.29, 1.82) is 0 Å². The molecule has 10 heteroatoms. The molecule has 2 amide bonds. The van der Waals surface area contributed by atoms with E-state index in [1.807, 2.05) is 19.1 Å². The van der Waals surface area contributed by atoms with Gasteiger partial charge in [-0.3, -0.25) is 9.59 Å². The van der Waals surface area contributed by atoms with Crippen molar-refractivity contribution in [3.05, 3.63) is 47.5 Å². The Morgan fingerprint density at radius 1 is 1.16 bits per heavy atom. The predicted molar refractivity (Wildman–Crippen MR) is 168 cm³/mol. The number of fused-ring (bicyclic) bond motifs is 2. The van der Waals surface area contributed by atoms with Gasteiger partial charge in [-0.2, -0.15) is 0 Å². The first-order valence-corrected chi connectivity index (χ1v) is 16.0. The minimum absolute atomic E-state index is 0.0554. The van der Waals surface area contributed by atoms with Crippen LogP contribution in [-0.4, -0.2) is 72.5 Å². The number of amides is 2. The molecule has 9 nitrogen and oxygen atoms in total. The van der Waals surface area contributed by atoms with E-state index in [4.69, 9.17) is 13.9 Å². The normalized spacial score (nSPS) is 21.9. The van der Waals surface area contributed by atoms with Crippen molar-refractivity contribution in [2.75, 3.05) is 40.0 Å². The average Bonchev–Trinajstić information content (AvgIpc) is 3.46. The van der Waals surface area contributed by atoms with Gasteiger partial charge in [-0.15, -0.1) is 0 Å². The van der Waals surface area contributed by atoms with Crippen LogP contribution in [0.25, 0.3) is 33.3 Å². The Labute approximate surface area is 261 Å². The van der Waals surface area contributed by atoms with Crippen molar-refractivity contribution >= 4 is 33.7 Å². The van der Waals surface area contributed by atoms with Gasteiger partial charge in [-0.25, -0.2) is 4.39 Å². The fourth-order valence-electron chi connectivity index (χ4n) is 7.05. The molecule has 45 heavy (non-hydrogen) atoms. The third kappa shape index (κ3) is 5.76. The molecule has 3 aliphatic rings. The fourth-order valence-corrected chi connectivity index (χ4v) is 7.05. The SMILES string of the molecule is COc1cc(C(=O)N2C[C@H](C)C[C@@H](F)C2)cc2oc(-c3cc4cccc(OCC5CNC(=O)C5)c4n3CC3CC3)c(CCO)c12. The highest BCUT2D eigenvalue weighted by Crippen LogP contribution is 2.44. The van der Waals surface area contributed by atoms with Gasteiger partial charge in [0.25, 0.3) is 5.91 Å². The lowest BCUT2D eigenvalue weighted by Crippen LogP contribution is -2.44. The molecule has 0 bridgehead atoms. The Kier molecular flexibility index (Phi) is 7.93. The predicted octanol–water partition coefficient (Wildman–Crippen LogP) is 5.34. The number of carbonyl (C=O) groups is 2. The van der Waals surface area contributed by atoms with Gasteiger partial charge in [0.15, 0.2) is 5.76 Å². The molecular formula is C35H40FN3O6. The van der Waals surface area contributed by atoms with E-state index in [1.165, 1.54) is 0 Å². The first-order chi connectivity index (χ1) is 21.8. The molecule has 0 radical (unpaired) electrons. The monoisotopic (exact) mass is 617 g/mol. The third-order valence-corrected chi connectivity index (χ3v) is 9.37. The second kappa shape index (κ2) is 12.0. The van der Waals surface area contributed by atoms with Gasteiger partial charge in [0.2, 0.25) is 5.91 Å². The van der Waals surface area contributed by atoms with Crippen molar-refractivity contribution in [2.24, 2.45) is 17.8 Å². The van der Waals surface area contributed by atoms with E-state index in [9.17, 15) is 19.1 Å². The highest BCUT2D eigenvalue weighted by molar-refractivity contribution is 6.02. The van der Waals surface area contributed by atoms with Crippen LogP contribution in [0.15, 0.2) is 40.8 Å². The third-order valence-electron chi connectivity index (χ3n) is 9.37. The van der Waals surface area contributed by atoms with E-state index in [0.717, 1.165) is 47.3 Å². The van der Waals surface area contributed by atoms with Crippen LogP contribution in [0.3, 0.4) is 0 Å². The number of rotatable bonds is 10. The fraction of sp³-hybridized carbons (Fsp3) is 0.486. The molecule has 3 atom stereocenters. The maximum absolute atomic E-state index is 14.4. The van der Waals surface area contributed by atoms with E-state index in [1.54, 1.807) is 24.1 Å². The molecule has 2 saturated heterocycles. The lowest BCUT2D eigenvalue weighted by Gasteiger charge is -2.33. The molecule has 0 spiro atoms. The Bertz CT molecular complexity index is 1750. The smallest absolute Gasteiger partial charge is 0.254 e. The number of likely N-dealkylation sites (tertiary alicyclic amines) is 1. The number of halogens is 1. The van der Waals surface area contributed by atoms with Crippen molar-refractivity contribution < 1.29 is 33.0 Å². The summed E-state index contributed by atoms with van der Waals surface area (Å²) in [4.78, 5) is 26.9. The van der Waals surface area contributed by atoms with Gasteiger partial charge in [0, 0.05) is 61.5 Å². The standard InChI is InChI=1S/C35H40FN3O6/c1-20-10-25(36)18-38(16-20)35(42)24-13-29(43-2)32-26(8-9-40)34(45-30(32)14-24)27-12-23-4-3-5-28(33(23)39(27)17-21-6-7-21)44-19-22-11-31(41)37-15-22/h3-5,12-14,20-22,25,40H,6-11,15-19H2,1-2H3,(H,37,41)/t20-,22?,25-/m1/s1. The van der Waals surface area contributed by atoms with Crippen molar-refractivity contribution in [3.63, 3.8) is 0 Å². The van der Waals surface area contributed by atoms with Crippen LogP contribution in [0.4, 0.5) is 4.39 Å². The number of para-hydroxylation sites is 1. The number of alkyl halides is 1. The Morgan fingerprint density at radius 2 is 2.00 bits per heavy atom. The summed E-state index contributed by atoms with van der Waals surface area (Å²) in [5.74, 6) is 2.39. The van der Waals surface area contributed by atoms with Gasteiger partial charge < -0.3 is 33.8 Å². The Balaban J connectivity index is 1.33. The molecule has 1 aliphatic carbocycles. The lowest BCUT2D eigenvalue weighted by molar-refractivity contribution is -0.119. The number of furan rings is 1. The summed E-state index contributed by atoms with van der Waals surface area (Å²) in [6.45, 7) is 4.27. The second-order valence-corrected chi connectivity index (χ2v) is 13.0. The maximum Gasteiger partial charge on any atom is 0.254 e. The number of aromatic nitrogens is 1. The minimum atomic E-state index is -1.05. The topological polar surface area (TPSA) is 106 Å². The number of piperidine rings is 1. The van der Waals surface area contributed by atoms with Crippen LogP contribution in [0, 0.1) is 17.8 Å². The minimum Gasteiger partial charge on any atom is -0.496 e. The van der Waals surface area contributed by atoms with Crippen molar-refractivity contribution in [2.45, 2.75) is 51.7 Å². The average molecular weight is 618 g/mol. The van der Waals surface area contributed by atoms with E-state index in [2.05, 4.69) is 22.0 Å². The van der Waals surface area contributed by atoms with E-state index >= 15 is 0 Å². The summed E-state index contributed by atoms with van der Waals surface area (Å²) in [5.41, 5.74) is 3.50. The highest BCUT2D eigenvalue weighted by atomic mass is 19.1. The lowest BCUT2D eigenvalue weighted by atomic mass is 9.97. The van der Waals surface area contributed by atoms with Crippen LogP contribution < -0.4 is 14.8 Å². The number of methoxy groups -OCH3 is 1. The first-order valence-electron chi connectivity index (χ1n) is 16.0. The Morgan fingerprint density at radius 3 is 2.71 bits per heavy atom. The van der Waals surface area contributed by atoms with Crippen LogP contribution in [0.1, 0.15) is 48.5 Å². The number of nitrogens with zero attached hydrogens (tertiary/aromatic N) is 2. The summed E-state index contributed by atoms with van der Waals surface area (Å²) in [6.07, 6.45) is 2.50. The second-order valence-electron chi connectivity index (χ2n) is 13.0. The Hall–Kier alpha value is -4.05. The number of aliphatic hydroxyl groups excluding tert-OH is 1. The van der Waals surface area contributed by atoms with Gasteiger partial charge in [-0.1, -0.05) is 19.1 Å². The van der Waals surface area contributed by atoms with Crippen molar-refractivity contribution in [1.82, 2.24) is 14.8 Å². The van der Waals surface area contributed by atoms with Gasteiger partial charge >= 0.3 is 0 Å². The number of hydrogen-bond acceptors (Lipinski definition) is 6. The molecule has 1 saturated carbocycles. The van der Waals surface area contributed by atoms with Crippen LogP contribution >= 0.6 is 0 Å². The zero-order valence-electron chi connectivity index (χ0n) is 25.8. The van der Waals surface area contributed by atoms with Gasteiger partial charge in [0.1, 0.15) is 23.3 Å². The molecular weight excluding hydrogens is 577 g/mol. The number of nitrogens with one attached hydrogen (secondary N) is 1. The summed E-state index contributed by atoms with van der Waals surface area (Å²) in [7, 11) is 1.56. The molecule has 4 heterocycles. The number of benzene rings is 2. The quantitative estimate of drug-likeness (QED) is 0.249. The first kappa shape index (κ1) is 29.6. The number of ether oxygens (including phenoxy) is 2. The van der Waals surface area contributed by atoms with Crippen LogP contribution in [0.2, 0.25) is 0 Å². The molecule has 7 rings (SSSR count). The largest absolute Gasteiger partial charge is 0.496 e. The van der Waals surface area contributed by atoms with Gasteiger partial charge in [-0.05, 0) is 55.4 Å². The van der Waals surface area contributed by atoms with Gasteiger partial charge in [0.05, 0.1) is 36.9 Å². The van der Waals surface area contributed by atoms with Crippen LogP contribution in [-0.2, 0) is 17.8 Å². The molecule has 3 fully saturated rings. The molecule has 1 unspecified atom stereocenters. The van der Waals surface area contributed by atoms with Crippen LogP contribution in [0.5, 0.6) is 11.5 Å². The van der Waals surface area contributed by atoms with Crippen molar-refractivity contribution in [3.8, 4) is 23.0 Å².